The Morgan fingerprint density at radius 3 is 2.89 bits per heavy atom. The SMILES string of the molecule is CCNC1COCC1C(=O)c1cnc(C(F)(F)F)s1. The standard InChI is InChI=1S/C11H13F3N2O2S/c1-2-15-7-5-18-4-6(7)9(17)8-3-16-10(19-8)11(12,13)14/h3,6-7,15H,2,4-5H2,1H3. The fraction of sp³-hybridized carbons (Fsp3) is 0.636. The number of carbonyl (C=O) groups excluding carboxylic acids is 1. The summed E-state index contributed by atoms with van der Waals surface area (Å²) in [6.07, 6.45) is -3.51. The monoisotopic (exact) mass is 294 g/mol. The maximum Gasteiger partial charge on any atom is 0.443 e. The Balaban J connectivity index is 2.13. The number of alkyl halides is 3. The van der Waals surface area contributed by atoms with Gasteiger partial charge in [0.25, 0.3) is 0 Å². The number of ketones is 1. The van der Waals surface area contributed by atoms with E-state index < -0.39 is 17.1 Å². The molecular formula is C11H13F3N2O2S. The molecule has 1 aromatic rings. The van der Waals surface area contributed by atoms with Crippen molar-refractivity contribution in [2.75, 3.05) is 19.8 Å². The van der Waals surface area contributed by atoms with Crippen molar-refractivity contribution in [1.82, 2.24) is 10.3 Å². The molecule has 1 fully saturated rings. The van der Waals surface area contributed by atoms with Crippen LogP contribution in [0.1, 0.15) is 21.6 Å². The summed E-state index contributed by atoms with van der Waals surface area (Å²) >= 11 is 0.386. The predicted octanol–water partition coefficient (Wildman–Crippen LogP) is 1.97. The molecule has 1 aromatic heterocycles. The Kier molecular flexibility index (Phi) is 4.22. The minimum absolute atomic E-state index is 0.0331. The van der Waals surface area contributed by atoms with Crippen LogP contribution in [-0.2, 0) is 10.9 Å². The summed E-state index contributed by atoms with van der Waals surface area (Å²) in [5.41, 5.74) is 0. The largest absolute Gasteiger partial charge is 0.443 e. The zero-order chi connectivity index (χ0) is 14.0. The van der Waals surface area contributed by atoms with Crippen molar-refractivity contribution in [2.24, 2.45) is 5.92 Å². The molecule has 2 rings (SSSR count). The molecule has 0 saturated carbocycles. The number of ether oxygens (including phenoxy) is 1. The van der Waals surface area contributed by atoms with E-state index in [4.69, 9.17) is 4.74 Å². The normalized spacial score (nSPS) is 23.8. The van der Waals surface area contributed by atoms with Crippen molar-refractivity contribution in [3.05, 3.63) is 16.1 Å². The van der Waals surface area contributed by atoms with Crippen LogP contribution < -0.4 is 5.32 Å². The molecule has 2 unspecified atom stereocenters. The van der Waals surface area contributed by atoms with Gasteiger partial charge in [-0.1, -0.05) is 6.92 Å². The first-order valence-corrected chi connectivity index (χ1v) is 6.63. The summed E-state index contributed by atoms with van der Waals surface area (Å²) in [4.78, 5) is 15.5. The number of aromatic nitrogens is 1. The van der Waals surface area contributed by atoms with Crippen LogP contribution in [0.5, 0.6) is 0 Å². The average Bonchev–Trinajstić information content (AvgIpc) is 2.96. The van der Waals surface area contributed by atoms with Gasteiger partial charge in [0, 0.05) is 12.2 Å². The third kappa shape index (κ3) is 3.13. The van der Waals surface area contributed by atoms with Gasteiger partial charge < -0.3 is 10.1 Å². The molecule has 106 valence electrons. The van der Waals surface area contributed by atoms with Gasteiger partial charge in [-0.25, -0.2) is 4.98 Å². The second kappa shape index (κ2) is 5.56. The highest BCUT2D eigenvalue weighted by atomic mass is 32.1. The van der Waals surface area contributed by atoms with Gasteiger partial charge in [-0.3, -0.25) is 4.79 Å². The van der Waals surface area contributed by atoms with Crippen LogP contribution >= 0.6 is 11.3 Å². The summed E-state index contributed by atoms with van der Waals surface area (Å²) in [6.45, 7) is 3.20. The Labute approximate surface area is 112 Å². The van der Waals surface area contributed by atoms with E-state index in [0.717, 1.165) is 6.20 Å². The van der Waals surface area contributed by atoms with Crippen molar-refractivity contribution < 1.29 is 22.7 Å². The lowest BCUT2D eigenvalue weighted by Gasteiger charge is -2.15. The van der Waals surface area contributed by atoms with Crippen molar-refractivity contribution >= 4 is 17.1 Å². The van der Waals surface area contributed by atoms with Gasteiger partial charge in [-0.15, -0.1) is 11.3 Å². The molecule has 1 aliphatic rings. The third-order valence-electron chi connectivity index (χ3n) is 2.87. The van der Waals surface area contributed by atoms with Crippen LogP contribution in [0.25, 0.3) is 0 Å². The van der Waals surface area contributed by atoms with Crippen molar-refractivity contribution in [3.8, 4) is 0 Å². The molecule has 0 aromatic carbocycles. The van der Waals surface area contributed by atoms with E-state index in [1.165, 1.54) is 0 Å². The number of hydrogen-bond acceptors (Lipinski definition) is 5. The van der Waals surface area contributed by atoms with Gasteiger partial charge in [0.15, 0.2) is 10.8 Å². The van der Waals surface area contributed by atoms with Crippen LogP contribution in [0.2, 0.25) is 0 Å². The predicted molar refractivity (Wildman–Crippen MR) is 63.2 cm³/mol. The van der Waals surface area contributed by atoms with E-state index in [2.05, 4.69) is 10.3 Å². The maximum atomic E-state index is 12.4. The number of thiazole rings is 1. The third-order valence-corrected chi connectivity index (χ3v) is 3.93. The minimum atomic E-state index is -4.50. The number of carbonyl (C=O) groups is 1. The first kappa shape index (κ1) is 14.4. The van der Waals surface area contributed by atoms with Crippen molar-refractivity contribution in [2.45, 2.75) is 19.1 Å². The smallest absolute Gasteiger partial charge is 0.379 e. The molecule has 1 N–H and O–H groups in total. The van der Waals surface area contributed by atoms with E-state index >= 15 is 0 Å². The molecular weight excluding hydrogens is 281 g/mol. The molecule has 1 saturated heterocycles. The van der Waals surface area contributed by atoms with Crippen LogP contribution in [0.4, 0.5) is 13.2 Å². The average molecular weight is 294 g/mol. The Bertz CT molecular complexity index is 461. The maximum absolute atomic E-state index is 12.4. The van der Waals surface area contributed by atoms with Crippen LogP contribution in [0, 0.1) is 5.92 Å². The number of likely N-dealkylation sites (N-methyl/N-ethyl adjacent to an activating group) is 1. The molecule has 2 heterocycles. The Hall–Kier alpha value is -0.990. The van der Waals surface area contributed by atoms with E-state index in [1.807, 2.05) is 6.92 Å². The summed E-state index contributed by atoms with van der Waals surface area (Å²) in [7, 11) is 0. The van der Waals surface area contributed by atoms with Crippen LogP contribution in [-0.4, -0.2) is 36.6 Å². The Morgan fingerprint density at radius 1 is 1.58 bits per heavy atom. The van der Waals surface area contributed by atoms with Gasteiger partial charge in [0.2, 0.25) is 0 Å². The van der Waals surface area contributed by atoms with Gasteiger partial charge in [0.1, 0.15) is 0 Å². The number of Topliss-reactive ketones (excluding diaryl/α,β-unsaturated/α-hetero) is 1. The first-order chi connectivity index (χ1) is 8.93. The van der Waals surface area contributed by atoms with Crippen LogP contribution in [0.3, 0.4) is 0 Å². The molecule has 0 aliphatic carbocycles. The quantitative estimate of drug-likeness (QED) is 0.863. The summed E-state index contributed by atoms with van der Waals surface area (Å²) in [5.74, 6) is -0.780. The molecule has 0 amide bonds. The lowest BCUT2D eigenvalue weighted by molar-refractivity contribution is -0.137. The van der Waals surface area contributed by atoms with Crippen LogP contribution in [0.15, 0.2) is 6.20 Å². The van der Waals surface area contributed by atoms with Crippen molar-refractivity contribution in [3.63, 3.8) is 0 Å². The van der Waals surface area contributed by atoms with Gasteiger partial charge in [-0.05, 0) is 6.54 Å². The highest BCUT2D eigenvalue weighted by Gasteiger charge is 2.38. The van der Waals surface area contributed by atoms with Gasteiger partial charge >= 0.3 is 6.18 Å². The summed E-state index contributed by atoms with van der Waals surface area (Å²) in [5, 5.41) is 2.11. The molecule has 1 aliphatic heterocycles. The zero-order valence-corrected chi connectivity index (χ0v) is 11.0. The molecule has 0 bridgehead atoms. The molecule has 0 radical (unpaired) electrons. The lowest BCUT2D eigenvalue weighted by atomic mass is 9.98. The van der Waals surface area contributed by atoms with E-state index in [1.54, 1.807) is 0 Å². The number of rotatable bonds is 4. The minimum Gasteiger partial charge on any atom is -0.379 e. The fourth-order valence-electron chi connectivity index (χ4n) is 1.98. The first-order valence-electron chi connectivity index (χ1n) is 5.81. The second-order valence-corrected chi connectivity index (χ2v) is 5.23. The summed E-state index contributed by atoms with van der Waals surface area (Å²) < 4.78 is 42.5. The molecule has 8 heteroatoms. The lowest BCUT2D eigenvalue weighted by Crippen LogP contribution is -2.38. The number of nitrogens with zero attached hydrogens (tertiary/aromatic N) is 1. The highest BCUT2D eigenvalue weighted by Crippen LogP contribution is 2.33. The van der Waals surface area contributed by atoms with E-state index in [9.17, 15) is 18.0 Å². The Morgan fingerprint density at radius 2 is 2.32 bits per heavy atom. The molecule has 4 nitrogen and oxygen atoms in total. The topological polar surface area (TPSA) is 51.2 Å². The molecule has 0 spiro atoms. The fourth-order valence-corrected chi connectivity index (χ4v) is 2.76. The number of hydrogen-bond donors (Lipinski definition) is 1. The number of nitrogens with one attached hydrogen (secondary N) is 1. The second-order valence-electron chi connectivity index (χ2n) is 4.20. The summed E-state index contributed by atoms with van der Waals surface area (Å²) in [6, 6.07) is -0.145. The molecule has 2 atom stereocenters. The van der Waals surface area contributed by atoms with Gasteiger partial charge in [-0.2, -0.15) is 13.2 Å². The molecule has 19 heavy (non-hydrogen) atoms. The number of halogens is 3. The van der Waals surface area contributed by atoms with E-state index in [-0.39, 0.29) is 23.3 Å². The van der Waals surface area contributed by atoms with Crippen molar-refractivity contribution in [1.29, 1.82) is 0 Å². The van der Waals surface area contributed by atoms with Gasteiger partial charge in [0.05, 0.1) is 24.0 Å². The van der Waals surface area contributed by atoms with E-state index in [0.29, 0.717) is 24.5 Å². The zero-order valence-electron chi connectivity index (χ0n) is 10.2. The highest BCUT2D eigenvalue weighted by molar-refractivity contribution is 7.13.